The summed E-state index contributed by atoms with van der Waals surface area (Å²) in [6.45, 7) is 4.21. The minimum Gasteiger partial charge on any atom is -0.446 e. The largest absolute Gasteiger partial charge is 0.446 e. The van der Waals surface area contributed by atoms with E-state index in [-0.39, 0.29) is 17.7 Å². The van der Waals surface area contributed by atoms with Crippen LogP contribution in [0.1, 0.15) is 36.2 Å². The zero-order valence-corrected chi connectivity index (χ0v) is 13.2. The van der Waals surface area contributed by atoms with Crippen molar-refractivity contribution < 1.29 is 14.4 Å². The predicted octanol–water partition coefficient (Wildman–Crippen LogP) is 3.49. The number of nitrogens with zero attached hydrogens (tertiary/aromatic N) is 1. The molecule has 4 heteroatoms. The first kappa shape index (κ1) is 14.4. The monoisotopic (exact) mass is 309 g/mol. The Bertz CT molecular complexity index is 729. The van der Waals surface area contributed by atoms with Gasteiger partial charge in [-0.15, -0.1) is 5.06 Å². The van der Waals surface area contributed by atoms with E-state index in [2.05, 4.69) is 13.8 Å². The van der Waals surface area contributed by atoms with Gasteiger partial charge in [0.2, 0.25) is 0 Å². The van der Waals surface area contributed by atoms with Crippen molar-refractivity contribution in [1.29, 1.82) is 0 Å². The minimum atomic E-state index is -0.766. The first-order valence-corrected chi connectivity index (χ1v) is 7.83. The lowest BCUT2D eigenvalue weighted by atomic mass is 9.85. The van der Waals surface area contributed by atoms with Gasteiger partial charge in [-0.25, -0.2) is 4.79 Å². The third-order valence-electron chi connectivity index (χ3n) is 4.62. The number of fused-ring (bicyclic) bond motifs is 1. The summed E-state index contributed by atoms with van der Waals surface area (Å²) >= 11 is 0. The summed E-state index contributed by atoms with van der Waals surface area (Å²) < 4.78 is 6.06. The van der Waals surface area contributed by atoms with Crippen molar-refractivity contribution in [2.45, 2.75) is 37.6 Å². The number of benzene rings is 2. The number of esters is 1. The van der Waals surface area contributed by atoms with Crippen LogP contribution in [0.5, 0.6) is 0 Å². The smallest absolute Gasteiger partial charge is 0.339 e. The topological polar surface area (TPSA) is 41.8 Å². The average molecular weight is 309 g/mol. The third kappa shape index (κ3) is 2.26. The van der Waals surface area contributed by atoms with Crippen LogP contribution in [0.4, 0.5) is 0 Å². The molecular formula is C19H19NO3. The van der Waals surface area contributed by atoms with Gasteiger partial charge in [-0.05, 0) is 31.5 Å². The molecule has 2 heterocycles. The van der Waals surface area contributed by atoms with E-state index in [4.69, 9.17) is 9.57 Å². The fraction of sp³-hybridized carbons (Fsp3) is 0.316. The van der Waals surface area contributed by atoms with Gasteiger partial charge in [0.05, 0.1) is 5.56 Å². The highest BCUT2D eigenvalue weighted by molar-refractivity contribution is 5.89. The van der Waals surface area contributed by atoms with Gasteiger partial charge in [-0.3, -0.25) is 4.84 Å². The van der Waals surface area contributed by atoms with Gasteiger partial charge < -0.3 is 4.74 Å². The molecule has 2 aliphatic heterocycles. The molecule has 3 atom stereocenters. The molecule has 0 amide bonds. The van der Waals surface area contributed by atoms with Crippen molar-refractivity contribution in [2.24, 2.45) is 0 Å². The summed E-state index contributed by atoms with van der Waals surface area (Å²) in [6, 6.07) is 19.0. The second-order valence-electron chi connectivity index (χ2n) is 6.78. The first-order valence-electron chi connectivity index (χ1n) is 7.83. The molecule has 0 spiro atoms. The third-order valence-corrected chi connectivity index (χ3v) is 4.62. The Labute approximate surface area is 135 Å². The van der Waals surface area contributed by atoms with Crippen molar-refractivity contribution in [2.75, 3.05) is 0 Å². The van der Waals surface area contributed by atoms with Crippen molar-refractivity contribution in [1.82, 2.24) is 5.06 Å². The van der Waals surface area contributed by atoms with Crippen LogP contribution < -0.4 is 0 Å². The maximum absolute atomic E-state index is 12.7. The standard InChI is InChI=1S/C19H19NO3/c1-18(2)13-19(17-20(18)23-17,15-11-7-4-8-12-15)22-16(21)14-9-5-3-6-10-14/h3-12,17H,13H2,1-2H3/t17-,19-,20?/m0/s1. The molecule has 2 aliphatic rings. The second kappa shape index (κ2) is 4.91. The Kier molecular flexibility index (Phi) is 3.08. The van der Waals surface area contributed by atoms with E-state index < -0.39 is 5.60 Å². The Balaban J connectivity index is 1.72. The lowest BCUT2D eigenvalue weighted by Gasteiger charge is -2.32. The van der Waals surface area contributed by atoms with Crippen LogP contribution >= 0.6 is 0 Å². The van der Waals surface area contributed by atoms with Crippen LogP contribution in [-0.4, -0.2) is 22.8 Å². The van der Waals surface area contributed by atoms with Crippen LogP contribution in [-0.2, 0) is 15.2 Å². The molecule has 2 saturated heterocycles. The molecule has 0 bridgehead atoms. The molecule has 0 aromatic heterocycles. The van der Waals surface area contributed by atoms with Crippen LogP contribution in [0.2, 0.25) is 0 Å². The van der Waals surface area contributed by atoms with Crippen LogP contribution in [0, 0.1) is 0 Å². The molecule has 23 heavy (non-hydrogen) atoms. The van der Waals surface area contributed by atoms with Gasteiger partial charge >= 0.3 is 5.97 Å². The van der Waals surface area contributed by atoms with Gasteiger partial charge in [0.1, 0.15) is 0 Å². The van der Waals surface area contributed by atoms with Gasteiger partial charge in [0.25, 0.3) is 0 Å². The number of hydrogen-bond acceptors (Lipinski definition) is 4. The van der Waals surface area contributed by atoms with Crippen LogP contribution in [0.3, 0.4) is 0 Å². The summed E-state index contributed by atoms with van der Waals surface area (Å²) in [5.74, 6) is -0.317. The molecule has 4 nitrogen and oxygen atoms in total. The fourth-order valence-electron chi connectivity index (χ4n) is 3.53. The molecule has 0 N–H and O–H groups in total. The van der Waals surface area contributed by atoms with E-state index in [0.717, 1.165) is 5.56 Å². The number of ether oxygens (including phenoxy) is 1. The molecule has 0 radical (unpaired) electrons. The molecule has 0 saturated carbocycles. The van der Waals surface area contributed by atoms with Crippen LogP contribution in [0.25, 0.3) is 0 Å². The predicted molar refractivity (Wildman–Crippen MR) is 85.4 cm³/mol. The quantitative estimate of drug-likeness (QED) is 0.643. The lowest BCUT2D eigenvalue weighted by molar-refractivity contribution is -0.0587. The maximum atomic E-state index is 12.7. The Hall–Kier alpha value is -2.17. The highest BCUT2D eigenvalue weighted by Gasteiger charge is 2.70. The normalized spacial score (nSPS) is 30.5. The van der Waals surface area contributed by atoms with Gasteiger partial charge in [-0.1, -0.05) is 48.5 Å². The Morgan fingerprint density at radius 1 is 1.09 bits per heavy atom. The summed E-state index contributed by atoms with van der Waals surface area (Å²) in [5, 5.41) is 1.93. The molecule has 2 aromatic rings. The number of hydrogen-bond donors (Lipinski definition) is 0. The molecule has 118 valence electrons. The molecular weight excluding hydrogens is 290 g/mol. The van der Waals surface area contributed by atoms with Crippen molar-refractivity contribution in [3.05, 3.63) is 71.8 Å². The molecule has 4 rings (SSSR count). The van der Waals surface area contributed by atoms with E-state index >= 15 is 0 Å². The summed E-state index contributed by atoms with van der Waals surface area (Å²) in [6.07, 6.45) is 0.486. The number of hydroxylamine groups is 2. The number of rotatable bonds is 3. The van der Waals surface area contributed by atoms with E-state index in [1.165, 1.54) is 0 Å². The molecule has 0 aliphatic carbocycles. The molecule has 1 unspecified atom stereocenters. The van der Waals surface area contributed by atoms with E-state index in [1.807, 2.05) is 53.6 Å². The number of carbonyl (C=O) groups excluding carboxylic acids is 1. The average Bonchev–Trinajstić information content (AvgIpc) is 3.34. The number of carbonyl (C=O) groups is 1. The molecule has 2 aromatic carbocycles. The van der Waals surface area contributed by atoms with Crippen molar-refractivity contribution in [3.8, 4) is 0 Å². The Morgan fingerprint density at radius 3 is 2.22 bits per heavy atom. The fourth-order valence-corrected chi connectivity index (χ4v) is 3.53. The van der Waals surface area contributed by atoms with E-state index in [0.29, 0.717) is 12.0 Å². The maximum Gasteiger partial charge on any atom is 0.339 e. The SMILES string of the molecule is CC1(C)C[C@](OC(=O)c2ccccc2)(c2ccccc2)[C@@H]2ON21. The van der Waals surface area contributed by atoms with E-state index in [9.17, 15) is 4.79 Å². The van der Waals surface area contributed by atoms with E-state index in [1.54, 1.807) is 12.1 Å². The lowest BCUT2D eigenvalue weighted by Crippen LogP contribution is -2.38. The van der Waals surface area contributed by atoms with Crippen molar-refractivity contribution in [3.63, 3.8) is 0 Å². The summed E-state index contributed by atoms with van der Waals surface area (Å²) in [5.41, 5.74) is 0.594. The zero-order chi connectivity index (χ0) is 16.1. The summed E-state index contributed by atoms with van der Waals surface area (Å²) in [7, 11) is 0. The second-order valence-corrected chi connectivity index (χ2v) is 6.78. The first-order chi connectivity index (χ1) is 11.0. The Morgan fingerprint density at radius 2 is 1.70 bits per heavy atom. The van der Waals surface area contributed by atoms with Gasteiger partial charge in [0.15, 0.2) is 11.8 Å². The molecule has 2 fully saturated rings. The highest BCUT2D eigenvalue weighted by atomic mass is 16.9. The van der Waals surface area contributed by atoms with Crippen LogP contribution in [0.15, 0.2) is 60.7 Å². The zero-order valence-electron chi connectivity index (χ0n) is 13.2. The highest BCUT2D eigenvalue weighted by Crippen LogP contribution is 2.57. The van der Waals surface area contributed by atoms with Gasteiger partial charge in [-0.2, -0.15) is 0 Å². The van der Waals surface area contributed by atoms with Crippen molar-refractivity contribution >= 4 is 5.97 Å². The summed E-state index contributed by atoms with van der Waals surface area (Å²) in [4.78, 5) is 18.4. The minimum absolute atomic E-state index is 0.169. The van der Waals surface area contributed by atoms with Gasteiger partial charge in [0, 0.05) is 12.0 Å².